The Labute approximate surface area is 83.4 Å². The Morgan fingerprint density at radius 1 is 1.36 bits per heavy atom. The van der Waals surface area contributed by atoms with Crippen molar-refractivity contribution in [3.63, 3.8) is 0 Å². The molecule has 0 atom stereocenters. The highest BCUT2D eigenvalue weighted by molar-refractivity contribution is 6.33. The summed E-state index contributed by atoms with van der Waals surface area (Å²) in [5.74, 6) is -0.0480. The molecule has 0 aromatic heterocycles. The molecule has 0 amide bonds. The van der Waals surface area contributed by atoms with Gasteiger partial charge in [-0.15, -0.1) is 0 Å². The first kappa shape index (κ1) is 11.0. The Morgan fingerprint density at radius 2 is 1.93 bits per heavy atom. The van der Waals surface area contributed by atoms with Gasteiger partial charge in [0.1, 0.15) is 11.3 Å². The van der Waals surface area contributed by atoms with Crippen LogP contribution in [0.15, 0.2) is 12.1 Å². The SMILES string of the molecule is COc1ccc(N)c(C(F)(F)F)c1Cl. The quantitative estimate of drug-likeness (QED) is 0.746. The highest BCUT2D eigenvalue weighted by atomic mass is 35.5. The van der Waals surface area contributed by atoms with Crippen molar-refractivity contribution in [2.24, 2.45) is 0 Å². The van der Waals surface area contributed by atoms with Crippen LogP contribution >= 0.6 is 11.6 Å². The first-order valence-electron chi connectivity index (χ1n) is 3.57. The molecular weight excluding hydrogens is 219 g/mol. The van der Waals surface area contributed by atoms with Crippen LogP contribution in [0.3, 0.4) is 0 Å². The lowest BCUT2D eigenvalue weighted by atomic mass is 10.1. The number of alkyl halides is 3. The average molecular weight is 226 g/mol. The molecule has 14 heavy (non-hydrogen) atoms. The van der Waals surface area contributed by atoms with Crippen molar-refractivity contribution in [3.05, 3.63) is 22.7 Å². The molecule has 0 saturated carbocycles. The van der Waals surface area contributed by atoms with E-state index in [9.17, 15) is 13.2 Å². The van der Waals surface area contributed by atoms with E-state index in [0.717, 1.165) is 6.07 Å². The number of hydrogen-bond acceptors (Lipinski definition) is 2. The molecular formula is C8H7ClF3NO. The van der Waals surface area contributed by atoms with Gasteiger partial charge in [0, 0.05) is 5.69 Å². The molecule has 0 unspecified atom stereocenters. The average Bonchev–Trinajstić information content (AvgIpc) is 2.02. The predicted molar refractivity (Wildman–Crippen MR) is 47.4 cm³/mol. The normalized spacial score (nSPS) is 11.5. The van der Waals surface area contributed by atoms with Crippen LogP contribution < -0.4 is 10.5 Å². The van der Waals surface area contributed by atoms with Gasteiger partial charge in [0.25, 0.3) is 0 Å². The highest BCUT2D eigenvalue weighted by Gasteiger charge is 2.36. The fraction of sp³-hybridized carbons (Fsp3) is 0.250. The lowest BCUT2D eigenvalue weighted by Crippen LogP contribution is -2.10. The van der Waals surface area contributed by atoms with E-state index in [1.165, 1.54) is 13.2 Å². The van der Waals surface area contributed by atoms with Crippen molar-refractivity contribution >= 4 is 17.3 Å². The van der Waals surface area contributed by atoms with Gasteiger partial charge in [-0.3, -0.25) is 0 Å². The number of halogens is 4. The van der Waals surface area contributed by atoms with Crippen LogP contribution in [0.1, 0.15) is 5.56 Å². The van der Waals surface area contributed by atoms with Crippen molar-refractivity contribution in [1.29, 1.82) is 0 Å². The second-order valence-electron chi connectivity index (χ2n) is 2.54. The van der Waals surface area contributed by atoms with E-state index >= 15 is 0 Å². The smallest absolute Gasteiger partial charge is 0.419 e. The molecule has 1 aromatic rings. The molecule has 0 aliphatic rings. The van der Waals surface area contributed by atoms with Gasteiger partial charge in [-0.1, -0.05) is 11.6 Å². The topological polar surface area (TPSA) is 35.2 Å². The zero-order chi connectivity index (χ0) is 10.9. The molecule has 78 valence electrons. The molecule has 1 rings (SSSR count). The van der Waals surface area contributed by atoms with Crippen molar-refractivity contribution in [3.8, 4) is 5.75 Å². The van der Waals surface area contributed by atoms with Crippen LogP contribution in [0, 0.1) is 0 Å². The summed E-state index contributed by atoms with van der Waals surface area (Å²) < 4.78 is 41.9. The zero-order valence-corrected chi connectivity index (χ0v) is 7.91. The zero-order valence-electron chi connectivity index (χ0n) is 7.15. The van der Waals surface area contributed by atoms with Crippen molar-refractivity contribution in [2.45, 2.75) is 6.18 Å². The van der Waals surface area contributed by atoms with Gasteiger partial charge in [0.05, 0.1) is 12.1 Å². The molecule has 2 nitrogen and oxygen atoms in total. The minimum absolute atomic E-state index is 0.0480. The third kappa shape index (κ3) is 1.87. The molecule has 0 aliphatic heterocycles. The fourth-order valence-electron chi connectivity index (χ4n) is 1.02. The number of hydrogen-bond donors (Lipinski definition) is 1. The minimum Gasteiger partial charge on any atom is -0.495 e. The van der Waals surface area contributed by atoms with E-state index in [-0.39, 0.29) is 5.75 Å². The number of rotatable bonds is 1. The Bertz CT molecular complexity index is 351. The standard InChI is InChI=1S/C8H7ClF3NO/c1-14-5-3-2-4(13)6(7(5)9)8(10,11)12/h2-3H,13H2,1H3. The van der Waals surface area contributed by atoms with Crippen molar-refractivity contribution in [1.82, 2.24) is 0 Å². The summed E-state index contributed by atoms with van der Waals surface area (Å²) in [6.45, 7) is 0. The minimum atomic E-state index is -4.57. The van der Waals surface area contributed by atoms with Gasteiger partial charge in [0.2, 0.25) is 0 Å². The van der Waals surface area contributed by atoms with E-state index in [2.05, 4.69) is 4.74 Å². The van der Waals surface area contributed by atoms with Crippen LogP contribution in [0.5, 0.6) is 5.75 Å². The molecule has 0 fully saturated rings. The molecule has 0 spiro atoms. The summed E-state index contributed by atoms with van der Waals surface area (Å²) in [4.78, 5) is 0. The number of nitrogens with two attached hydrogens (primary N) is 1. The first-order valence-corrected chi connectivity index (χ1v) is 3.95. The molecule has 0 aliphatic carbocycles. The van der Waals surface area contributed by atoms with Gasteiger partial charge in [-0.2, -0.15) is 13.2 Å². The van der Waals surface area contributed by atoms with Gasteiger partial charge in [-0.05, 0) is 12.1 Å². The number of benzene rings is 1. The molecule has 1 aromatic carbocycles. The summed E-state index contributed by atoms with van der Waals surface area (Å²) in [6, 6.07) is 2.39. The summed E-state index contributed by atoms with van der Waals surface area (Å²) in [5, 5.41) is -0.514. The fourth-order valence-corrected chi connectivity index (χ4v) is 1.37. The lowest BCUT2D eigenvalue weighted by Gasteiger charge is -2.13. The maximum atomic E-state index is 12.4. The number of anilines is 1. The maximum Gasteiger partial charge on any atom is 0.419 e. The largest absolute Gasteiger partial charge is 0.495 e. The number of nitrogen functional groups attached to an aromatic ring is 1. The van der Waals surface area contributed by atoms with Crippen LogP contribution in [-0.2, 0) is 6.18 Å². The van der Waals surface area contributed by atoms with Crippen LogP contribution in [0.4, 0.5) is 18.9 Å². The second-order valence-corrected chi connectivity index (χ2v) is 2.92. The van der Waals surface area contributed by atoms with E-state index in [0.29, 0.717) is 0 Å². The summed E-state index contributed by atoms with van der Waals surface area (Å²) >= 11 is 5.47. The lowest BCUT2D eigenvalue weighted by molar-refractivity contribution is -0.136. The second kappa shape index (κ2) is 3.57. The Kier molecular flexibility index (Phi) is 2.80. The third-order valence-corrected chi connectivity index (χ3v) is 2.02. The number of methoxy groups -OCH3 is 1. The van der Waals surface area contributed by atoms with Crippen LogP contribution in [0.2, 0.25) is 5.02 Å². The first-order chi connectivity index (χ1) is 6.38. The molecule has 6 heteroatoms. The summed E-state index contributed by atoms with van der Waals surface area (Å²) in [6.07, 6.45) is -4.57. The molecule has 0 heterocycles. The third-order valence-electron chi connectivity index (χ3n) is 1.64. The highest BCUT2D eigenvalue weighted by Crippen LogP contribution is 2.42. The van der Waals surface area contributed by atoms with E-state index in [1.807, 2.05) is 0 Å². The van der Waals surface area contributed by atoms with Crippen molar-refractivity contribution in [2.75, 3.05) is 12.8 Å². The van der Waals surface area contributed by atoms with E-state index in [1.54, 1.807) is 0 Å². The van der Waals surface area contributed by atoms with Gasteiger partial charge in [0.15, 0.2) is 0 Å². The van der Waals surface area contributed by atoms with Gasteiger partial charge < -0.3 is 10.5 Å². The van der Waals surface area contributed by atoms with Crippen molar-refractivity contribution < 1.29 is 17.9 Å². The number of ether oxygens (including phenoxy) is 1. The summed E-state index contributed by atoms with van der Waals surface area (Å²) in [7, 11) is 1.23. The molecule has 0 bridgehead atoms. The van der Waals surface area contributed by atoms with Crippen LogP contribution in [0.25, 0.3) is 0 Å². The Hall–Kier alpha value is -1.10. The summed E-state index contributed by atoms with van der Waals surface area (Å²) in [5.41, 5.74) is 3.70. The monoisotopic (exact) mass is 225 g/mol. The van der Waals surface area contributed by atoms with E-state index < -0.39 is 22.4 Å². The van der Waals surface area contributed by atoms with Gasteiger partial charge >= 0.3 is 6.18 Å². The maximum absolute atomic E-state index is 12.4. The molecule has 0 saturated heterocycles. The Balaban J connectivity index is 3.40. The van der Waals surface area contributed by atoms with E-state index in [4.69, 9.17) is 17.3 Å². The van der Waals surface area contributed by atoms with Crippen LogP contribution in [-0.4, -0.2) is 7.11 Å². The predicted octanol–water partition coefficient (Wildman–Crippen LogP) is 2.95. The molecule has 2 N–H and O–H groups in total. The molecule has 0 radical (unpaired) electrons. The van der Waals surface area contributed by atoms with Gasteiger partial charge in [-0.25, -0.2) is 0 Å². The Morgan fingerprint density at radius 3 is 2.36 bits per heavy atom.